The van der Waals surface area contributed by atoms with Gasteiger partial charge in [0.1, 0.15) is 5.75 Å². The van der Waals surface area contributed by atoms with Crippen LogP contribution >= 0.6 is 0 Å². The van der Waals surface area contributed by atoms with Gasteiger partial charge in [-0.25, -0.2) is 0 Å². The van der Waals surface area contributed by atoms with Gasteiger partial charge in [0.25, 0.3) is 10.2 Å². The van der Waals surface area contributed by atoms with Crippen molar-refractivity contribution in [1.82, 2.24) is 8.61 Å². The van der Waals surface area contributed by atoms with Gasteiger partial charge in [-0.05, 0) is 36.8 Å². The normalized spacial score (nSPS) is 20.7. The third kappa shape index (κ3) is 3.75. The highest BCUT2D eigenvalue weighted by molar-refractivity contribution is 7.86. The number of rotatable bonds is 5. The molecule has 21 heavy (non-hydrogen) atoms. The molecule has 1 aromatic carbocycles. The molecule has 1 heterocycles. The van der Waals surface area contributed by atoms with Gasteiger partial charge in [-0.2, -0.15) is 17.0 Å². The molecule has 6 heteroatoms. The van der Waals surface area contributed by atoms with Gasteiger partial charge in [0.2, 0.25) is 0 Å². The molecule has 0 N–H and O–H groups in total. The van der Waals surface area contributed by atoms with Crippen molar-refractivity contribution in [2.75, 3.05) is 34.3 Å². The van der Waals surface area contributed by atoms with E-state index in [0.29, 0.717) is 19.0 Å². The zero-order valence-electron chi connectivity index (χ0n) is 12.9. The SMILES string of the molecule is COc1ccccc1CC1CCCN(S(=O)(=O)N(C)C)C1. The smallest absolute Gasteiger partial charge is 0.281 e. The van der Waals surface area contributed by atoms with Crippen LogP contribution in [-0.2, 0) is 16.6 Å². The Balaban J connectivity index is 2.08. The molecular weight excluding hydrogens is 288 g/mol. The van der Waals surface area contributed by atoms with Crippen molar-refractivity contribution in [3.05, 3.63) is 29.8 Å². The Labute approximate surface area is 127 Å². The first-order valence-corrected chi connectivity index (χ1v) is 8.64. The molecule has 1 fully saturated rings. The topological polar surface area (TPSA) is 49.9 Å². The van der Waals surface area contributed by atoms with Crippen LogP contribution in [0, 0.1) is 5.92 Å². The van der Waals surface area contributed by atoms with Gasteiger partial charge >= 0.3 is 0 Å². The molecule has 1 atom stereocenters. The predicted molar refractivity (Wildman–Crippen MR) is 83.6 cm³/mol. The molecule has 1 aliphatic heterocycles. The van der Waals surface area contributed by atoms with Gasteiger partial charge in [0.05, 0.1) is 7.11 Å². The maximum atomic E-state index is 12.2. The molecule has 118 valence electrons. The minimum atomic E-state index is -3.31. The third-order valence-electron chi connectivity index (χ3n) is 3.97. The summed E-state index contributed by atoms with van der Waals surface area (Å²) >= 11 is 0. The molecule has 0 aliphatic carbocycles. The fraction of sp³-hybridized carbons (Fsp3) is 0.600. The van der Waals surface area contributed by atoms with Crippen LogP contribution < -0.4 is 4.74 Å². The summed E-state index contributed by atoms with van der Waals surface area (Å²) in [5.74, 6) is 1.22. The van der Waals surface area contributed by atoms with Crippen LogP contribution in [0.4, 0.5) is 0 Å². The number of ether oxygens (including phenoxy) is 1. The van der Waals surface area contributed by atoms with Crippen molar-refractivity contribution in [3.63, 3.8) is 0 Å². The number of piperidine rings is 1. The van der Waals surface area contributed by atoms with Crippen molar-refractivity contribution in [2.24, 2.45) is 5.92 Å². The second kappa shape index (κ2) is 6.77. The Hall–Kier alpha value is -1.11. The van der Waals surface area contributed by atoms with Crippen LogP contribution in [0.5, 0.6) is 5.75 Å². The molecule has 1 saturated heterocycles. The molecule has 5 nitrogen and oxygen atoms in total. The number of benzene rings is 1. The quantitative estimate of drug-likeness (QED) is 0.832. The minimum absolute atomic E-state index is 0.338. The first-order chi connectivity index (χ1) is 9.95. The molecule has 1 unspecified atom stereocenters. The van der Waals surface area contributed by atoms with E-state index in [1.54, 1.807) is 25.5 Å². The van der Waals surface area contributed by atoms with Crippen molar-refractivity contribution in [3.8, 4) is 5.75 Å². The summed E-state index contributed by atoms with van der Waals surface area (Å²) in [5, 5.41) is 0. The number of methoxy groups -OCH3 is 1. The van der Waals surface area contributed by atoms with E-state index >= 15 is 0 Å². The summed E-state index contributed by atoms with van der Waals surface area (Å²) in [6.07, 6.45) is 2.81. The molecular formula is C15H24N2O3S. The molecule has 0 spiro atoms. The first-order valence-electron chi connectivity index (χ1n) is 7.24. The molecule has 2 rings (SSSR count). The van der Waals surface area contributed by atoms with Crippen molar-refractivity contribution >= 4 is 10.2 Å². The van der Waals surface area contributed by atoms with Crippen LogP contribution in [0.2, 0.25) is 0 Å². The van der Waals surface area contributed by atoms with Gasteiger partial charge in [0.15, 0.2) is 0 Å². The number of nitrogens with zero attached hydrogens (tertiary/aromatic N) is 2. The standard InChI is InChI=1S/C15H24N2O3S/c1-16(2)21(18,19)17-10-6-7-13(12-17)11-14-8-4-5-9-15(14)20-3/h4-5,8-9,13H,6-7,10-12H2,1-3H3. The molecule has 1 aromatic rings. The van der Waals surface area contributed by atoms with Gasteiger partial charge in [-0.3, -0.25) is 0 Å². The minimum Gasteiger partial charge on any atom is -0.496 e. The summed E-state index contributed by atoms with van der Waals surface area (Å²) in [5.41, 5.74) is 1.15. The van der Waals surface area contributed by atoms with E-state index in [0.717, 1.165) is 30.6 Å². The van der Waals surface area contributed by atoms with E-state index in [-0.39, 0.29) is 0 Å². The second-order valence-corrected chi connectivity index (χ2v) is 7.81. The highest BCUT2D eigenvalue weighted by Crippen LogP contribution is 2.27. The van der Waals surface area contributed by atoms with Crippen LogP contribution in [0.25, 0.3) is 0 Å². The van der Waals surface area contributed by atoms with Crippen LogP contribution in [0.1, 0.15) is 18.4 Å². The largest absolute Gasteiger partial charge is 0.496 e. The fourth-order valence-corrected chi connectivity index (χ4v) is 4.04. The maximum Gasteiger partial charge on any atom is 0.281 e. The third-order valence-corrected chi connectivity index (χ3v) is 5.88. The lowest BCUT2D eigenvalue weighted by molar-refractivity contribution is 0.253. The van der Waals surface area contributed by atoms with Gasteiger partial charge in [-0.1, -0.05) is 18.2 Å². The Kier molecular flexibility index (Phi) is 5.24. The zero-order valence-corrected chi connectivity index (χ0v) is 13.8. The lowest BCUT2D eigenvalue weighted by Crippen LogP contribution is -2.45. The summed E-state index contributed by atoms with van der Waals surface area (Å²) < 4.78 is 32.7. The Morgan fingerprint density at radius 2 is 2.05 bits per heavy atom. The van der Waals surface area contributed by atoms with E-state index in [1.807, 2.05) is 18.2 Å². The lowest BCUT2D eigenvalue weighted by Gasteiger charge is -2.33. The second-order valence-electron chi connectivity index (χ2n) is 5.67. The van der Waals surface area contributed by atoms with E-state index in [9.17, 15) is 8.42 Å². The number of hydrogen-bond acceptors (Lipinski definition) is 3. The molecule has 0 radical (unpaired) electrons. The van der Waals surface area contributed by atoms with Crippen molar-refractivity contribution in [1.29, 1.82) is 0 Å². The number of hydrogen-bond donors (Lipinski definition) is 0. The van der Waals surface area contributed by atoms with Crippen molar-refractivity contribution in [2.45, 2.75) is 19.3 Å². The highest BCUT2D eigenvalue weighted by atomic mass is 32.2. The van der Waals surface area contributed by atoms with Gasteiger partial charge in [0, 0.05) is 27.2 Å². The monoisotopic (exact) mass is 312 g/mol. The van der Waals surface area contributed by atoms with E-state index < -0.39 is 10.2 Å². The summed E-state index contributed by atoms with van der Waals surface area (Å²) in [6, 6.07) is 7.95. The molecule has 0 amide bonds. The van der Waals surface area contributed by atoms with Crippen LogP contribution in [0.15, 0.2) is 24.3 Å². The van der Waals surface area contributed by atoms with E-state index in [2.05, 4.69) is 6.07 Å². The van der Waals surface area contributed by atoms with Crippen molar-refractivity contribution < 1.29 is 13.2 Å². The Morgan fingerprint density at radius 3 is 2.71 bits per heavy atom. The molecule has 0 bridgehead atoms. The average Bonchev–Trinajstić information content (AvgIpc) is 2.48. The summed E-state index contributed by atoms with van der Waals surface area (Å²) in [6.45, 7) is 1.20. The average molecular weight is 312 g/mol. The predicted octanol–water partition coefficient (Wildman–Crippen LogP) is 1.76. The van der Waals surface area contributed by atoms with Gasteiger partial charge in [-0.15, -0.1) is 0 Å². The molecule has 1 aliphatic rings. The first kappa shape index (κ1) is 16.3. The maximum absolute atomic E-state index is 12.2. The fourth-order valence-electron chi connectivity index (χ4n) is 2.82. The molecule has 0 aromatic heterocycles. The highest BCUT2D eigenvalue weighted by Gasteiger charge is 2.30. The van der Waals surface area contributed by atoms with E-state index in [4.69, 9.17) is 4.74 Å². The summed E-state index contributed by atoms with van der Waals surface area (Å²) in [7, 11) is 1.53. The van der Waals surface area contributed by atoms with Crippen LogP contribution in [-0.4, -0.2) is 51.3 Å². The zero-order chi connectivity index (χ0) is 15.5. The Bertz CT molecular complexity index is 572. The number of para-hydroxylation sites is 1. The Morgan fingerprint density at radius 1 is 1.33 bits per heavy atom. The summed E-state index contributed by atoms with van der Waals surface area (Å²) in [4.78, 5) is 0. The van der Waals surface area contributed by atoms with Crippen LogP contribution in [0.3, 0.4) is 0 Å². The van der Waals surface area contributed by atoms with Gasteiger partial charge < -0.3 is 4.74 Å². The molecule has 0 saturated carbocycles. The lowest BCUT2D eigenvalue weighted by atomic mass is 9.92. The van der Waals surface area contributed by atoms with E-state index in [1.165, 1.54) is 4.31 Å².